The first kappa shape index (κ1) is 41.0. The number of carbonyl (C=O) groups excluding carboxylic acids is 2. The van der Waals surface area contributed by atoms with Gasteiger partial charge in [0.15, 0.2) is 6.10 Å². The Hall–Kier alpha value is -0.950. The molecule has 0 aromatic heterocycles. The van der Waals surface area contributed by atoms with Crippen LogP contribution in [0.1, 0.15) is 181 Å². The van der Waals surface area contributed by atoms with Gasteiger partial charge < -0.3 is 19.3 Å². The molecule has 0 heterocycles. The van der Waals surface area contributed by atoms with Crippen LogP contribution in [-0.2, 0) is 28.2 Å². The fourth-order valence-electron chi connectivity index (χ4n) is 5.00. The Labute approximate surface area is 257 Å². The van der Waals surface area contributed by atoms with E-state index in [0.29, 0.717) is 12.8 Å². The number of unbranched alkanes of at least 4 members (excludes halogenated alkanes) is 22. The van der Waals surface area contributed by atoms with Crippen LogP contribution in [-0.4, -0.2) is 41.0 Å². The lowest BCUT2D eigenvalue weighted by Crippen LogP contribution is -2.29. The second-order valence-corrected chi connectivity index (χ2v) is 13.1. The Kier molecular flexibility index (Phi) is 29.4. The van der Waals surface area contributed by atoms with Crippen LogP contribution >= 0.6 is 7.82 Å². The number of phosphoric ester groups is 1. The number of hydrogen-bond donors (Lipinski definition) is 2. The monoisotopic (exact) mass is 620 g/mol. The van der Waals surface area contributed by atoms with E-state index in [1.54, 1.807) is 0 Å². The molecule has 2 N–H and O–H groups in total. The van der Waals surface area contributed by atoms with Crippen LogP contribution < -0.4 is 0 Å². The first-order valence-corrected chi connectivity index (χ1v) is 18.9. The highest BCUT2D eigenvalue weighted by Crippen LogP contribution is 2.36. The number of rotatable bonds is 32. The van der Waals surface area contributed by atoms with Gasteiger partial charge in [0.2, 0.25) is 0 Å². The maximum absolute atomic E-state index is 12.2. The van der Waals surface area contributed by atoms with E-state index >= 15 is 0 Å². The summed E-state index contributed by atoms with van der Waals surface area (Å²) in [6.45, 7) is 3.41. The van der Waals surface area contributed by atoms with Crippen molar-refractivity contribution in [3.8, 4) is 0 Å². The van der Waals surface area contributed by atoms with Crippen molar-refractivity contribution >= 4 is 19.8 Å². The minimum absolute atomic E-state index is 0.218. The summed E-state index contributed by atoms with van der Waals surface area (Å²) >= 11 is 0. The summed E-state index contributed by atoms with van der Waals surface area (Å²) in [5.74, 6) is -0.916. The van der Waals surface area contributed by atoms with Crippen LogP contribution in [0.5, 0.6) is 0 Å². The van der Waals surface area contributed by atoms with E-state index < -0.39 is 32.5 Å². The van der Waals surface area contributed by atoms with Gasteiger partial charge >= 0.3 is 19.8 Å². The van der Waals surface area contributed by atoms with E-state index in [0.717, 1.165) is 19.3 Å². The molecule has 0 rings (SSSR count). The zero-order valence-corrected chi connectivity index (χ0v) is 28.1. The smallest absolute Gasteiger partial charge is 0.462 e. The van der Waals surface area contributed by atoms with Crippen LogP contribution in [0.3, 0.4) is 0 Å². The summed E-state index contributed by atoms with van der Waals surface area (Å²) in [4.78, 5) is 41.8. The molecule has 9 heteroatoms. The number of hydrogen-bond acceptors (Lipinski definition) is 6. The van der Waals surface area contributed by atoms with Crippen LogP contribution in [0.2, 0.25) is 0 Å². The molecule has 0 spiro atoms. The molecule has 0 aliphatic rings. The van der Waals surface area contributed by atoms with Crippen molar-refractivity contribution < 1.29 is 37.9 Å². The number of esters is 2. The van der Waals surface area contributed by atoms with Gasteiger partial charge in [-0.05, 0) is 12.8 Å². The molecule has 0 aliphatic heterocycles. The average Bonchev–Trinajstić information content (AvgIpc) is 2.95. The van der Waals surface area contributed by atoms with Crippen LogP contribution in [0, 0.1) is 0 Å². The zero-order chi connectivity index (χ0) is 31.2. The third-order valence-electron chi connectivity index (χ3n) is 7.63. The molecule has 0 aliphatic carbocycles. The summed E-state index contributed by atoms with van der Waals surface area (Å²) < 4.78 is 25.8. The molecule has 0 aromatic carbocycles. The standard InChI is InChI=1S/C33H65O8P/c1-3-5-7-8-9-10-11-12-13-14-15-16-17-18-19-20-21-22-23-24-25-26-28-33(35)41-31(30-40-42(36,37)38)29-39-32(34)27-6-4-2/h31H,3-30H2,1-2H3,(H2,36,37,38). The Morgan fingerprint density at radius 1 is 0.524 bits per heavy atom. The predicted octanol–water partition coefficient (Wildman–Crippen LogP) is 9.73. The van der Waals surface area contributed by atoms with Gasteiger partial charge in [0.1, 0.15) is 6.61 Å². The van der Waals surface area contributed by atoms with Gasteiger partial charge in [-0.2, -0.15) is 0 Å². The van der Waals surface area contributed by atoms with Crippen LogP contribution in [0.15, 0.2) is 0 Å². The summed E-state index contributed by atoms with van der Waals surface area (Å²) in [6, 6.07) is 0. The van der Waals surface area contributed by atoms with Crippen molar-refractivity contribution in [2.24, 2.45) is 0 Å². The molecule has 0 aromatic rings. The second-order valence-electron chi connectivity index (χ2n) is 11.9. The summed E-state index contributed by atoms with van der Waals surface area (Å²) in [6.07, 6.45) is 29.6. The molecule has 0 fully saturated rings. The molecule has 8 nitrogen and oxygen atoms in total. The highest BCUT2D eigenvalue weighted by Gasteiger charge is 2.22. The highest BCUT2D eigenvalue weighted by atomic mass is 31.2. The molecule has 0 radical (unpaired) electrons. The minimum atomic E-state index is -4.72. The molecule has 0 bridgehead atoms. The Balaban J connectivity index is 3.62. The quantitative estimate of drug-likeness (QED) is 0.0433. The third kappa shape index (κ3) is 32.0. The maximum atomic E-state index is 12.2. The Bertz CT molecular complexity index is 666. The average molecular weight is 621 g/mol. The Morgan fingerprint density at radius 3 is 1.26 bits per heavy atom. The summed E-state index contributed by atoms with van der Waals surface area (Å²) in [7, 11) is -4.72. The van der Waals surface area contributed by atoms with Crippen molar-refractivity contribution in [1.82, 2.24) is 0 Å². The van der Waals surface area contributed by atoms with Gasteiger partial charge in [-0.15, -0.1) is 0 Å². The van der Waals surface area contributed by atoms with E-state index in [2.05, 4.69) is 11.4 Å². The SMILES string of the molecule is CCCCCCCCCCCCCCCCCCCCCCCCC(=O)OC(COC(=O)CCCC)COP(=O)(O)O. The predicted molar refractivity (Wildman–Crippen MR) is 170 cm³/mol. The second kappa shape index (κ2) is 30.1. The molecule has 1 atom stereocenters. The van der Waals surface area contributed by atoms with E-state index in [-0.39, 0.29) is 19.4 Å². The van der Waals surface area contributed by atoms with Crippen LogP contribution in [0.4, 0.5) is 0 Å². The van der Waals surface area contributed by atoms with Crippen molar-refractivity contribution in [2.45, 2.75) is 187 Å². The van der Waals surface area contributed by atoms with Crippen molar-refractivity contribution in [3.05, 3.63) is 0 Å². The van der Waals surface area contributed by atoms with Crippen LogP contribution in [0.25, 0.3) is 0 Å². The lowest BCUT2D eigenvalue weighted by atomic mass is 10.0. The van der Waals surface area contributed by atoms with Crippen molar-refractivity contribution in [3.63, 3.8) is 0 Å². The summed E-state index contributed by atoms with van der Waals surface area (Å²) in [5.41, 5.74) is 0. The van der Waals surface area contributed by atoms with Crippen molar-refractivity contribution in [1.29, 1.82) is 0 Å². The molecule has 250 valence electrons. The number of ether oxygens (including phenoxy) is 2. The van der Waals surface area contributed by atoms with Gasteiger partial charge in [-0.3, -0.25) is 14.1 Å². The minimum Gasteiger partial charge on any atom is -0.462 e. The van der Waals surface area contributed by atoms with E-state index in [1.165, 1.54) is 122 Å². The summed E-state index contributed by atoms with van der Waals surface area (Å²) in [5, 5.41) is 0. The maximum Gasteiger partial charge on any atom is 0.469 e. The normalized spacial score (nSPS) is 12.4. The van der Waals surface area contributed by atoms with Gasteiger partial charge in [0.05, 0.1) is 6.61 Å². The third-order valence-corrected chi connectivity index (χ3v) is 8.11. The van der Waals surface area contributed by atoms with Crippen molar-refractivity contribution in [2.75, 3.05) is 13.2 Å². The first-order chi connectivity index (χ1) is 20.3. The topological polar surface area (TPSA) is 119 Å². The lowest BCUT2D eigenvalue weighted by Gasteiger charge is -2.18. The fraction of sp³-hybridized carbons (Fsp3) is 0.939. The Morgan fingerprint density at radius 2 is 0.881 bits per heavy atom. The van der Waals surface area contributed by atoms with E-state index in [9.17, 15) is 14.2 Å². The van der Waals surface area contributed by atoms with E-state index in [1.807, 2.05) is 6.92 Å². The largest absolute Gasteiger partial charge is 0.469 e. The first-order valence-electron chi connectivity index (χ1n) is 17.3. The molecule has 42 heavy (non-hydrogen) atoms. The lowest BCUT2D eigenvalue weighted by molar-refractivity contribution is -0.161. The molecule has 0 saturated carbocycles. The fourth-order valence-corrected chi connectivity index (χ4v) is 5.36. The highest BCUT2D eigenvalue weighted by molar-refractivity contribution is 7.46. The molecule has 0 amide bonds. The molecule has 0 saturated heterocycles. The van der Waals surface area contributed by atoms with E-state index in [4.69, 9.17) is 19.3 Å². The van der Waals surface area contributed by atoms with Gasteiger partial charge in [0.25, 0.3) is 0 Å². The molecule has 1 unspecified atom stereocenters. The van der Waals surface area contributed by atoms with Gasteiger partial charge in [-0.1, -0.05) is 155 Å². The zero-order valence-electron chi connectivity index (χ0n) is 27.2. The molecular formula is C33H65O8P. The van der Waals surface area contributed by atoms with Gasteiger partial charge in [-0.25, -0.2) is 4.57 Å². The molecular weight excluding hydrogens is 555 g/mol. The number of carbonyl (C=O) groups is 2. The number of phosphoric acid groups is 1. The van der Waals surface area contributed by atoms with Gasteiger partial charge in [0, 0.05) is 12.8 Å².